The number of hydrazone groups is 1. The molecular weight excluding hydrogens is 356 g/mol. The minimum atomic E-state index is -0.0216. The lowest BCUT2D eigenvalue weighted by molar-refractivity contribution is -0.0223. The van der Waals surface area contributed by atoms with E-state index in [-0.39, 0.29) is 12.3 Å². The quantitative estimate of drug-likeness (QED) is 0.546. The van der Waals surface area contributed by atoms with Crippen molar-refractivity contribution in [2.45, 2.75) is 38.5 Å². The molecule has 3 nitrogen and oxygen atoms in total. The van der Waals surface area contributed by atoms with Gasteiger partial charge in [-0.1, -0.05) is 61.3 Å². The molecule has 0 unspecified atom stereocenters. The molecular formula is C23H21ClN2O. The maximum Gasteiger partial charge on any atom is 0.187 e. The zero-order chi connectivity index (χ0) is 18.4. The standard InChI is InChI=1S/C23H21ClN2O/c1-2-5-23-26-21(19-13-18(24)10-11-22(19)27-23)14-20(25-26)17-9-8-15-6-3-4-7-16(15)12-17/h3-4,6-13,21,23H,2,5,14H2,1H3/t21-,23+/m0/s1. The predicted octanol–water partition coefficient (Wildman–Crippen LogP) is 6.16. The Labute approximate surface area is 164 Å². The fourth-order valence-electron chi connectivity index (χ4n) is 4.11. The second kappa shape index (κ2) is 6.58. The van der Waals surface area contributed by atoms with Crippen molar-refractivity contribution >= 4 is 28.1 Å². The second-order valence-corrected chi connectivity index (χ2v) is 7.69. The lowest BCUT2D eigenvalue weighted by Gasteiger charge is -2.38. The Kier molecular flexibility index (Phi) is 4.05. The largest absolute Gasteiger partial charge is 0.469 e. The summed E-state index contributed by atoms with van der Waals surface area (Å²) in [6, 6.07) is 21.1. The van der Waals surface area contributed by atoms with Gasteiger partial charge < -0.3 is 4.74 Å². The van der Waals surface area contributed by atoms with Crippen molar-refractivity contribution in [3.63, 3.8) is 0 Å². The first-order valence-electron chi connectivity index (χ1n) is 9.54. The van der Waals surface area contributed by atoms with Gasteiger partial charge in [-0.3, -0.25) is 5.01 Å². The molecule has 0 N–H and O–H groups in total. The van der Waals surface area contributed by atoms with Crippen molar-refractivity contribution in [1.29, 1.82) is 0 Å². The molecule has 4 heteroatoms. The van der Waals surface area contributed by atoms with Gasteiger partial charge in [0, 0.05) is 23.4 Å². The van der Waals surface area contributed by atoms with Crippen LogP contribution in [0, 0.1) is 0 Å². The molecule has 0 radical (unpaired) electrons. The molecule has 0 aromatic heterocycles. The van der Waals surface area contributed by atoms with Crippen LogP contribution in [-0.4, -0.2) is 16.9 Å². The molecule has 0 amide bonds. The third-order valence-electron chi connectivity index (χ3n) is 5.45. The van der Waals surface area contributed by atoms with E-state index in [2.05, 4.69) is 54.4 Å². The number of nitrogens with zero attached hydrogens (tertiary/aromatic N) is 2. The number of halogens is 1. The number of rotatable bonds is 3. The van der Waals surface area contributed by atoms with E-state index in [1.54, 1.807) is 0 Å². The van der Waals surface area contributed by atoms with E-state index in [0.29, 0.717) is 0 Å². The molecule has 3 aromatic rings. The zero-order valence-corrected chi connectivity index (χ0v) is 16.0. The summed E-state index contributed by atoms with van der Waals surface area (Å²) in [5.41, 5.74) is 3.43. The fraction of sp³-hybridized carbons (Fsp3) is 0.261. The van der Waals surface area contributed by atoms with E-state index in [1.807, 2.05) is 18.2 Å². The van der Waals surface area contributed by atoms with Gasteiger partial charge in [-0.05, 0) is 40.6 Å². The van der Waals surface area contributed by atoms with Crippen LogP contribution >= 0.6 is 11.6 Å². The van der Waals surface area contributed by atoms with Crippen molar-refractivity contribution in [2.75, 3.05) is 0 Å². The average Bonchev–Trinajstić information content (AvgIpc) is 3.14. The molecule has 0 aliphatic carbocycles. The van der Waals surface area contributed by atoms with Gasteiger partial charge in [0.05, 0.1) is 11.8 Å². The van der Waals surface area contributed by atoms with Crippen LogP contribution < -0.4 is 4.74 Å². The third-order valence-corrected chi connectivity index (χ3v) is 5.68. The summed E-state index contributed by atoms with van der Waals surface area (Å²) in [4.78, 5) is 0. The molecule has 0 bridgehead atoms. The first-order valence-corrected chi connectivity index (χ1v) is 9.92. The molecule has 2 aliphatic heterocycles. The first kappa shape index (κ1) is 16.6. The molecule has 0 spiro atoms. The summed E-state index contributed by atoms with van der Waals surface area (Å²) in [7, 11) is 0. The average molecular weight is 377 g/mol. The highest BCUT2D eigenvalue weighted by atomic mass is 35.5. The number of ether oxygens (including phenoxy) is 1. The fourth-order valence-corrected chi connectivity index (χ4v) is 4.29. The van der Waals surface area contributed by atoms with Crippen molar-refractivity contribution in [3.8, 4) is 5.75 Å². The molecule has 136 valence electrons. The van der Waals surface area contributed by atoms with Crippen molar-refractivity contribution < 1.29 is 4.74 Å². The number of hydrogen-bond acceptors (Lipinski definition) is 3. The summed E-state index contributed by atoms with van der Waals surface area (Å²) in [5.74, 6) is 0.939. The summed E-state index contributed by atoms with van der Waals surface area (Å²) in [6.07, 6.45) is 2.85. The van der Waals surface area contributed by atoms with Crippen LogP contribution in [0.5, 0.6) is 5.75 Å². The molecule has 2 heterocycles. The van der Waals surface area contributed by atoms with Gasteiger partial charge in [0.15, 0.2) is 6.23 Å². The highest BCUT2D eigenvalue weighted by Gasteiger charge is 2.39. The molecule has 2 aliphatic rings. The Morgan fingerprint density at radius 1 is 1.07 bits per heavy atom. The minimum absolute atomic E-state index is 0.0216. The summed E-state index contributed by atoms with van der Waals surface area (Å²) in [6.45, 7) is 2.18. The summed E-state index contributed by atoms with van der Waals surface area (Å²) < 4.78 is 6.26. The van der Waals surface area contributed by atoms with Gasteiger partial charge >= 0.3 is 0 Å². The third kappa shape index (κ3) is 2.87. The first-order chi connectivity index (χ1) is 13.2. The SMILES string of the molecule is CCC[C@H]1Oc2ccc(Cl)cc2[C@@H]2CC(c3ccc4ccccc4c3)=NN12. The molecule has 0 saturated carbocycles. The van der Waals surface area contributed by atoms with Crippen LogP contribution in [0.15, 0.2) is 65.8 Å². The van der Waals surface area contributed by atoms with Gasteiger partial charge in [0.25, 0.3) is 0 Å². The van der Waals surface area contributed by atoms with Crippen molar-refractivity contribution in [2.24, 2.45) is 5.10 Å². The van der Waals surface area contributed by atoms with Crippen LogP contribution in [0.4, 0.5) is 0 Å². The molecule has 0 saturated heterocycles. The van der Waals surface area contributed by atoms with Gasteiger partial charge in [0.1, 0.15) is 5.75 Å². The van der Waals surface area contributed by atoms with E-state index < -0.39 is 0 Å². The smallest absolute Gasteiger partial charge is 0.187 e. The highest BCUT2D eigenvalue weighted by Crippen LogP contribution is 2.44. The number of fused-ring (bicyclic) bond motifs is 4. The Hall–Kier alpha value is -2.52. The van der Waals surface area contributed by atoms with Gasteiger partial charge in [-0.15, -0.1) is 0 Å². The monoisotopic (exact) mass is 376 g/mol. The zero-order valence-electron chi connectivity index (χ0n) is 15.2. The maximum atomic E-state index is 6.27. The van der Waals surface area contributed by atoms with Crippen LogP contribution in [0.1, 0.15) is 43.4 Å². The van der Waals surface area contributed by atoms with Crippen LogP contribution in [0.3, 0.4) is 0 Å². The van der Waals surface area contributed by atoms with Crippen LogP contribution in [0.2, 0.25) is 5.02 Å². The lowest BCUT2D eigenvalue weighted by Crippen LogP contribution is -2.40. The minimum Gasteiger partial charge on any atom is -0.469 e. The van der Waals surface area contributed by atoms with E-state index in [0.717, 1.165) is 41.3 Å². The van der Waals surface area contributed by atoms with Gasteiger partial charge in [0.2, 0.25) is 0 Å². The summed E-state index contributed by atoms with van der Waals surface area (Å²) in [5, 5.41) is 10.4. The van der Waals surface area contributed by atoms with Crippen LogP contribution in [-0.2, 0) is 0 Å². The molecule has 3 aromatic carbocycles. The van der Waals surface area contributed by atoms with Crippen molar-refractivity contribution in [1.82, 2.24) is 5.01 Å². The molecule has 0 fully saturated rings. The Balaban J connectivity index is 1.55. The maximum absolute atomic E-state index is 6.27. The number of hydrogen-bond donors (Lipinski definition) is 0. The Morgan fingerprint density at radius 2 is 1.93 bits per heavy atom. The normalized spacial score (nSPS) is 20.8. The van der Waals surface area contributed by atoms with Crippen LogP contribution in [0.25, 0.3) is 10.8 Å². The van der Waals surface area contributed by atoms with E-state index in [4.69, 9.17) is 21.4 Å². The second-order valence-electron chi connectivity index (χ2n) is 7.25. The van der Waals surface area contributed by atoms with Crippen molar-refractivity contribution in [3.05, 3.63) is 76.8 Å². The molecule has 27 heavy (non-hydrogen) atoms. The Morgan fingerprint density at radius 3 is 2.78 bits per heavy atom. The highest BCUT2D eigenvalue weighted by molar-refractivity contribution is 6.30. The molecule has 2 atom stereocenters. The predicted molar refractivity (Wildman–Crippen MR) is 110 cm³/mol. The Bertz CT molecular complexity index is 1050. The number of benzene rings is 3. The van der Waals surface area contributed by atoms with Gasteiger partial charge in [-0.25, -0.2) is 0 Å². The van der Waals surface area contributed by atoms with Gasteiger partial charge in [-0.2, -0.15) is 5.10 Å². The summed E-state index contributed by atoms with van der Waals surface area (Å²) >= 11 is 6.27. The van der Waals surface area contributed by atoms with E-state index in [9.17, 15) is 0 Å². The topological polar surface area (TPSA) is 24.8 Å². The molecule has 5 rings (SSSR count). The lowest BCUT2D eigenvalue weighted by atomic mass is 9.95. The van der Waals surface area contributed by atoms with E-state index in [1.165, 1.54) is 16.3 Å². The van der Waals surface area contributed by atoms with E-state index >= 15 is 0 Å².